The van der Waals surface area contributed by atoms with Gasteiger partial charge in [-0.25, -0.2) is 4.79 Å². The van der Waals surface area contributed by atoms with Crippen molar-refractivity contribution < 1.29 is 9.53 Å². The zero-order valence-electron chi connectivity index (χ0n) is 14.2. The van der Waals surface area contributed by atoms with E-state index < -0.39 is 0 Å². The van der Waals surface area contributed by atoms with E-state index in [1.807, 2.05) is 37.3 Å². The normalized spacial score (nSPS) is 10.3. The summed E-state index contributed by atoms with van der Waals surface area (Å²) in [4.78, 5) is 11.7. The molecule has 2 N–H and O–H groups in total. The Morgan fingerprint density at radius 1 is 1.13 bits per heavy atom. The molecule has 0 aliphatic carbocycles. The summed E-state index contributed by atoms with van der Waals surface area (Å²) < 4.78 is 5.96. The Hall–Kier alpha value is -2.49. The third kappa shape index (κ3) is 4.25. The summed E-state index contributed by atoms with van der Waals surface area (Å²) in [5.74, 6) is 0.864. The van der Waals surface area contributed by atoms with Crippen LogP contribution in [0.15, 0.2) is 36.4 Å². The fourth-order valence-corrected chi connectivity index (χ4v) is 2.52. The molecule has 0 saturated carbocycles. The molecule has 0 radical (unpaired) electrons. The van der Waals surface area contributed by atoms with Crippen LogP contribution in [0.5, 0.6) is 5.75 Å². The summed E-state index contributed by atoms with van der Waals surface area (Å²) in [5, 5.41) is 5.50. The summed E-state index contributed by atoms with van der Waals surface area (Å²) in [6.45, 7) is 6.58. The average molecular weight is 312 g/mol. The summed E-state index contributed by atoms with van der Waals surface area (Å²) >= 11 is 0. The number of para-hydroxylation sites is 1. The average Bonchev–Trinajstić information content (AvgIpc) is 2.54. The Bertz CT molecular complexity index is 696. The number of ether oxygens (including phenoxy) is 1. The lowest BCUT2D eigenvalue weighted by Gasteiger charge is -2.16. The van der Waals surface area contributed by atoms with Gasteiger partial charge < -0.3 is 15.4 Å². The van der Waals surface area contributed by atoms with Crippen LogP contribution in [0.25, 0.3) is 0 Å². The van der Waals surface area contributed by atoms with E-state index in [4.69, 9.17) is 4.74 Å². The quantitative estimate of drug-likeness (QED) is 0.869. The maximum absolute atomic E-state index is 11.7. The minimum atomic E-state index is -0.223. The molecular formula is C19H24N2O2. The number of rotatable bonds is 5. The van der Waals surface area contributed by atoms with Gasteiger partial charge in [0.05, 0.1) is 5.69 Å². The Morgan fingerprint density at radius 2 is 1.87 bits per heavy atom. The number of carbonyl (C=O) groups excluding carboxylic acids is 1. The maximum atomic E-state index is 11.7. The second-order valence-corrected chi connectivity index (χ2v) is 5.57. The van der Waals surface area contributed by atoms with Crippen LogP contribution in [0.4, 0.5) is 10.5 Å². The zero-order valence-corrected chi connectivity index (χ0v) is 14.2. The molecule has 0 bridgehead atoms. The van der Waals surface area contributed by atoms with Crippen molar-refractivity contribution in [2.24, 2.45) is 0 Å². The largest absolute Gasteiger partial charge is 0.489 e. The molecule has 2 amide bonds. The molecule has 0 atom stereocenters. The van der Waals surface area contributed by atoms with Gasteiger partial charge in [0.1, 0.15) is 12.4 Å². The first-order valence-corrected chi connectivity index (χ1v) is 7.84. The molecule has 0 unspecified atom stereocenters. The molecule has 0 aliphatic heterocycles. The Kier molecular flexibility index (Phi) is 5.63. The second kappa shape index (κ2) is 7.68. The Labute approximate surface area is 137 Å². The molecule has 122 valence electrons. The first kappa shape index (κ1) is 16.9. The summed E-state index contributed by atoms with van der Waals surface area (Å²) in [5.41, 5.74) is 5.21. The molecule has 0 spiro atoms. The van der Waals surface area contributed by atoms with Gasteiger partial charge in [-0.15, -0.1) is 0 Å². The molecule has 2 rings (SSSR count). The molecule has 2 aromatic carbocycles. The number of nitrogens with one attached hydrogen (secondary N) is 2. The van der Waals surface area contributed by atoms with Gasteiger partial charge in [0.25, 0.3) is 0 Å². The van der Waals surface area contributed by atoms with Gasteiger partial charge in [-0.3, -0.25) is 0 Å². The number of carbonyl (C=O) groups is 1. The number of amides is 2. The first-order valence-electron chi connectivity index (χ1n) is 7.84. The van der Waals surface area contributed by atoms with E-state index in [-0.39, 0.29) is 6.03 Å². The van der Waals surface area contributed by atoms with Gasteiger partial charge in [0.15, 0.2) is 0 Å². The lowest BCUT2D eigenvalue weighted by Crippen LogP contribution is -2.26. The minimum Gasteiger partial charge on any atom is -0.489 e. The van der Waals surface area contributed by atoms with Crippen LogP contribution in [-0.4, -0.2) is 13.1 Å². The van der Waals surface area contributed by atoms with Crippen molar-refractivity contribution in [3.63, 3.8) is 0 Å². The SMILES string of the molecule is CCc1cccc(COc2ccc(C)cc2C)c1NC(=O)NC. The third-order valence-corrected chi connectivity index (χ3v) is 3.80. The van der Waals surface area contributed by atoms with Gasteiger partial charge >= 0.3 is 6.03 Å². The molecule has 0 aromatic heterocycles. The van der Waals surface area contributed by atoms with E-state index in [0.29, 0.717) is 6.61 Å². The lowest BCUT2D eigenvalue weighted by molar-refractivity contribution is 0.254. The summed E-state index contributed by atoms with van der Waals surface area (Å²) in [6.07, 6.45) is 0.844. The van der Waals surface area contributed by atoms with Crippen molar-refractivity contribution in [1.82, 2.24) is 5.32 Å². The molecule has 0 fully saturated rings. The van der Waals surface area contributed by atoms with E-state index in [9.17, 15) is 4.79 Å². The van der Waals surface area contributed by atoms with Crippen molar-refractivity contribution in [3.8, 4) is 5.75 Å². The Morgan fingerprint density at radius 3 is 2.52 bits per heavy atom. The number of benzene rings is 2. The highest BCUT2D eigenvalue weighted by atomic mass is 16.5. The first-order chi connectivity index (χ1) is 11.0. The second-order valence-electron chi connectivity index (χ2n) is 5.57. The number of hydrogen-bond donors (Lipinski definition) is 2. The molecule has 23 heavy (non-hydrogen) atoms. The van der Waals surface area contributed by atoms with Gasteiger partial charge in [0, 0.05) is 12.6 Å². The van der Waals surface area contributed by atoms with Crippen molar-refractivity contribution in [2.75, 3.05) is 12.4 Å². The molecule has 0 heterocycles. The fourth-order valence-electron chi connectivity index (χ4n) is 2.52. The highest BCUT2D eigenvalue weighted by Crippen LogP contribution is 2.25. The molecule has 0 aliphatic rings. The zero-order chi connectivity index (χ0) is 16.8. The number of aryl methyl sites for hydroxylation is 3. The number of hydrogen-bond acceptors (Lipinski definition) is 2. The van der Waals surface area contributed by atoms with E-state index >= 15 is 0 Å². The minimum absolute atomic E-state index is 0.223. The van der Waals surface area contributed by atoms with Gasteiger partial charge in [-0.05, 0) is 37.5 Å². The van der Waals surface area contributed by atoms with Gasteiger partial charge in [0.2, 0.25) is 0 Å². The van der Waals surface area contributed by atoms with Crippen LogP contribution in [0.3, 0.4) is 0 Å². The highest BCUT2D eigenvalue weighted by molar-refractivity contribution is 5.90. The monoisotopic (exact) mass is 312 g/mol. The molecule has 2 aromatic rings. The van der Waals surface area contributed by atoms with Crippen LogP contribution in [0.1, 0.15) is 29.2 Å². The van der Waals surface area contributed by atoms with E-state index in [1.54, 1.807) is 7.05 Å². The van der Waals surface area contributed by atoms with Crippen molar-refractivity contribution >= 4 is 11.7 Å². The van der Waals surface area contributed by atoms with Crippen LogP contribution < -0.4 is 15.4 Å². The molecule has 0 saturated heterocycles. The predicted octanol–water partition coefficient (Wildman–Crippen LogP) is 4.20. The van der Waals surface area contributed by atoms with Gasteiger partial charge in [-0.1, -0.05) is 42.8 Å². The third-order valence-electron chi connectivity index (χ3n) is 3.80. The van der Waals surface area contributed by atoms with Crippen molar-refractivity contribution in [3.05, 3.63) is 58.7 Å². The molecule has 4 heteroatoms. The standard InChI is InChI=1S/C19H24N2O2/c1-5-15-7-6-8-16(18(15)21-19(22)20-4)12-23-17-10-9-13(2)11-14(17)3/h6-11H,5,12H2,1-4H3,(H2,20,21,22). The van der Waals surface area contributed by atoms with Crippen molar-refractivity contribution in [1.29, 1.82) is 0 Å². The fraction of sp³-hybridized carbons (Fsp3) is 0.316. The lowest BCUT2D eigenvalue weighted by atomic mass is 10.1. The summed E-state index contributed by atoms with van der Waals surface area (Å²) in [7, 11) is 1.61. The summed E-state index contributed by atoms with van der Waals surface area (Å²) in [6, 6.07) is 11.9. The van der Waals surface area contributed by atoms with Crippen LogP contribution in [0.2, 0.25) is 0 Å². The van der Waals surface area contributed by atoms with Crippen molar-refractivity contribution in [2.45, 2.75) is 33.8 Å². The van der Waals surface area contributed by atoms with Crippen LogP contribution >= 0.6 is 0 Å². The Balaban J connectivity index is 2.23. The molecular weight excluding hydrogens is 288 g/mol. The van der Waals surface area contributed by atoms with Crippen LogP contribution in [-0.2, 0) is 13.0 Å². The molecule has 4 nitrogen and oxygen atoms in total. The topological polar surface area (TPSA) is 50.4 Å². The van der Waals surface area contributed by atoms with Gasteiger partial charge in [-0.2, -0.15) is 0 Å². The number of urea groups is 1. The predicted molar refractivity (Wildman–Crippen MR) is 94.1 cm³/mol. The smallest absolute Gasteiger partial charge is 0.318 e. The maximum Gasteiger partial charge on any atom is 0.318 e. The van der Waals surface area contributed by atoms with Crippen LogP contribution in [0, 0.1) is 13.8 Å². The van der Waals surface area contributed by atoms with E-state index in [2.05, 4.69) is 30.5 Å². The number of anilines is 1. The van der Waals surface area contributed by atoms with E-state index in [1.165, 1.54) is 5.56 Å². The van der Waals surface area contributed by atoms with E-state index in [0.717, 1.165) is 34.5 Å². The highest BCUT2D eigenvalue weighted by Gasteiger charge is 2.11.